The van der Waals surface area contributed by atoms with Gasteiger partial charge in [-0.15, -0.1) is 11.3 Å². The molecule has 0 fully saturated rings. The van der Waals surface area contributed by atoms with E-state index in [0.717, 1.165) is 44.9 Å². The van der Waals surface area contributed by atoms with E-state index in [0.29, 0.717) is 23.6 Å². The van der Waals surface area contributed by atoms with E-state index >= 15 is 0 Å². The maximum absolute atomic E-state index is 12.8. The molecule has 0 aliphatic carbocycles. The first-order chi connectivity index (χ1) is 13.7. The first-order valence-electron chi connectivity index (χ1n) is 9.08. The molecule has 5 rings (SSSR count). The van der Waals surface area contributed by atoms with Gasteiger partial charge in [0.05, 0.1) is 25.9 Å². The number of ether oxygens (including phenoxy) is 2. The molecule has 1 amide bonds. The molecule has 0 saturated carbocycles. The lowest BCUT2D eigenvalue weighted by molar-refractivity contribution is 0.0998. The second kappa shape index (κ2) is 7.03. The Labute approximate surface area is 168 Å². The topological polar surface area (TPSA) is 65.7 Å². The number of aryl methyl sites for hydroxylation is 1. The van der Waals surface area contributed by atoms with Crippen LogP contribution in [0, 0.1) is 0 Å². The number of amides is 1. The van der Waals surface area contributed by atoms with E-state index in [9.17, 15) is 4.79 Å². The normalized spacial score (nSPS) is 14.1. The van der Waals surface area contributed by atoms with Crippen molar-refractivity contribution < 1.29 is 14.3 Å². The summed E-state index contributed by atoms with van der Waals surface area (Å²) in [6.07, 6.45) is 0.939. The first-order valence-corrected chi connectivity index (χ1v) is 10.8. The van der Waals surface area contributed by atoms with Gasteiger partial charge in [0.25, 0.3) is 5.91 Å². The maximum atomic E-state index is 12.8. The van der Waals surface area contributed by atoms with Crippen LogP contribution in [0.25, 0.3) is 20.4 Å². The van der Waals surface area contributed by atoms with Crippen LogP contribution in [-0.4, -0.2) is 28.7 Å². The Morgan fingerprint density at radius 2 is 2.00 bits per heavy atom. The summed E-state index contributed by atoms with van der Waals surface area (Å²) in [6.45, 7) is 3.98. The third-order valence-corrected chi connectivity index (χ3v) is 6.40. The van der Waals surface area contributed by atoms with Crippen molar-refractivity contribution in [3.8, 4) is 11.5 Å². The van der Waals surface area contributed by atoms with Gasteiger partial charge < -0.3 is 14.0 Å². The number of nitrogens with zero attached hydrogens (tertiary/aromatic N) is 3. The van der Waals surface area contributed by atoms with Crippen molar-refractivity contribution in [2.45, 2.75) is 19.9 Å². The molecule has 2 aromatic carbocycles. The highest BCUT2D eigenvalue weighted by Gasteiger charge is 2.17. The van der Waals surface area contributed by atoms with Crippen molar-refractivity contribution in [1.82, 2.24) is 9.55 Å². The average Bonchev–Trinajstić information content (AvgIpc) is 3.30. The van der Waals surface area contributed by atoms with E-state index in [-0.39, 0.29) is 5.91 Å². The van der Waals surface area contributed by atoms with Crippen molar-refractivity contribution in [3.05, 3.63) is 46.2 Å². The van der Waals surface area contributed by atoms with E-state index in [1.54, 1.807) is 11.6 Å². The van der Waals surface area contributed by atoms with Crippen LogP contribution in [0.5, 0.6) is 11.5 Å². The van der Waals surface area contributed by atoms with Crippen molar-refractivity contribution in [2.75, 3.05) is 13.2 Å². The summed E-state index contributed by atoms with van der Waals surface area (Å²) < 4.78 is 15.5. The number of hydrogen-bond donors (Lipinski definition) is 0. The number of aromatic nitrogens is 2. The minimum Gasteiger partial charge on any atom is -0.486 e. The van der Waals surface area contributed by atoms with E-state index < -0.39 is 0 Å². The van der Waals surface area contributed by atoms with E-state index in [1.807, 2.05) is 24.3 Å². The highest BCUT2D eigenvalue weighted by atomic mass is 32.1. The predicted molar refractivity (Wildman–Crippen MR) is 111 cm³/mol. The van der Waals surface area contributed by atoms with Crippen molar-refractivity contribution in [1.29, 1.82) is 0 Å². The van der Waals surface area contributed by atoms with Gasteiger partial charge in [0.1, 0.15) is 13.2 Å². The minimum absolute atomic E-state index is 0.246. The fourth-order valence-corrected chi connectivity index (χ4v) is 5.05. The zero-order valence-electron chi connectivity index (χ0n) is 15.2. The van der Waals surface area contributed by atoms with Gasteiger partial charge in [-0.3, -0.25) is 4.79 Å². The van der Waals surface area contributed by atoms with Gasteiger partial charge >= 0.3 is 0 Å². The number of hydrogen-bond acceptors (Lipinski definition) is 6. The number of benzene rings is 2. The van der Waals surface area contributed by atoms with Gasteiger partial charge in [-0.25, -0.2) is 4.98 Å². The minimum atomic E-state index is -0.246. The third kappa shape index (κ3) is 2.98. The molecule has 0 saturated heterocycles. The fraction of sp³-hybridized carbons (Fsp3) is 0.250. The van der Waals surface area contributed by atoms with Crippen LogP contribution in [0.2, 0.25) is 0 Å². The molecule has 1 aliphatic heterocycles. The first kappa shape index (κ1) is 17.4. The standard InChI is InChI=1S/C20H17N3O3S2/c1-2-5-23-14-9-15-16(26-7-6-25-15)10-18(14)28-20(23)22-19(24)12-3-4-13-17(8-12)27-11-21-13/h3-4,8-11H,2,5-7H2,1H3. The largest absolute Gasteiger partial charge is 0.486 e. The molecule has 142 valence electrons. The number of fused-ring (bicyclic) bond motifs is 3. The molecular formula is C20H17N3O3S2. The second-order valence-electron chi connectivity index (χ2n) is 6.45. The summed E-state index contributed by atoms with van der Waals surface area (Å²) in [5.41, 5.74) is 4.27. The van der Waals surface area contributed by atoms with Crippen LogP contribution in [0.4, 0.5) is 0 Å². The molecule has 0 bridgehead atoms. The molecular weight excluding hydrogens is 394 g/mol. The lowest BCUT2D eigenvalue weighted by Crippen LogP contribution is -2.17. The SMILES string of the molecule is CCCn1c(=NC(=O)c2ccc3ncsc3c2)sc2cc3c(cc21)OCCO3. The zero-order valence-corrected chi connectivity index (χ0v) is 16.8. The summed E-state index contributed by atoms with van der Waals surface area (Å²) in [7, 11) is 0. The van der Waals surface area contributed by atoms with Crippen LogP contribution in [0.15, 0.2) is 40.8 Å². The molecule has 0 radical (unpaired) electrons. The number of rotatable bonds is 3. The quantitative estimate of drug-likeness (QED) is 0.506. The van der Waals surface area contributed by atoms with Gasteiger partial charge in [0, 0.05) is 24.2 Å². The number of carbonyl (C=O) groups is 1. The molecule has 0 atom stereocenters. The molecule has 0 unspecified atom stereocenters. The highest BCUT2D eigenvalue weighted by molar-refractivity contribution is 7.17. The Hall–Kier alpha value is -2.71. The lowest BCUT2D eigenvalue weighted by atomic mass is 10.2. The van der Waals surface area contributed by atoms with Gasteiger partial charge in [0.15, 0.2) is 16.3 Å². The molecule has 2 aromatic heterocycles. The molecule has 3 heterocycles. The van der Waals surface area contributed by atoms with E-state index in [4.69, 9.17) is 9.47 Å². The summed E-state index contributed by atoms with van der Waals surface area (Å²) in [5.74, 6) is 1.25. The van der Waals surface area contributed by atoms with Crippen molar-refractivity contribution in [3.63, 3.8) is 0 Å². The van der Waals surface area contributed by atoms with E-state index in [1.165, 1.54) is 22.7 Å². The zero-order chi connectivity index (χ0) is 19.1. The molecule has 4 aromatic rings. The van der Waals surface area contributed by atoms with Crippen LogP contribution in [-0.2, 0) is 6.54 Å². The fourth-order valence-electron chi connectivity index (χ4n) is 3.27. The van der Waals surface area contributed by atoms with Crippen molar-refractivity contribution >= 4 is 49.0 Å². The van der Waals surface area contributed by atoms with Crippen LogP contribution in [0.3, 0.4) is 0 Å². The lowest BCUT2D eigenvalue weighted by Gasteiger charge is -2.18. The Morgan fingerprint density at radius 1 is 1.18 bits per heavy atom. The Kier molecular flexibility index (Phi) is 4.37. The Morgan fingerprint density at radius 3 is 2.82 bits per heavy atom. The summed E-state index contributed by atoms with van der Waals surface area (Å²) in [5, 5.41) is 0. The van der Waals surface area contributed by atoms with Gasteiger partial charge in [-0.2, -0.15) is 4.99 Å². The van der Waals surface area contributed by atoms with Gasteiger partial charge in [-0.05, 0) is 24.6 Å². The van der Waals surface area contributed by atoms with Gasteiger partial charge in [0.2, 0.25) is 0 Å². The number of carbonyl (C=O) groups excluding carboxylic acids is 1. The number of thiazole rings is 2. The third-order valence-electron chi connectivity index (χ3n) is 4.57. The Balaban J connectivity index is 1.63. The monoisotopic (exact) mass is 411 g/mol. The molecule has 0 spiro atoms. The summed E-state index contributed by atoms with van der Waals surface area (Å²) in [6, 6.07) is 9.47. The van der Waals surface area contributed by atoms with Crippen LogP contribution >= 0.6 is 22.7 Å². The highest BCUT2D eigenvalue weighted by Crippen LogP contribution is 2.35. The second-order valence-corrected chi connectivity index (χ2v) is 8.35. The smallest absolute Gasteiger partial charge is 0.279 e. The average molecular weight is 412 g/mol. The van der Waals surface area contributed by atoms with Crippen molar-refractivity contribution in [2.24, 2.45) is 4.99 Å². The summed E-state index contributed by atoms with van der Waals surface area (Å²) >= 11 is 3.01. The summed E-state index contributed by atoms with van der Waals surface area (Å²) in [4.78, 5) is 22.2. The molecule has 6 nitrogen and oxygen atoms in total. The van der Waals surface area contributed by atoms with Crippen LogP contribution < -0.4 is 14.3 Å². The van der Waals surface area contributed by atoms with E-state index in [2.05, 4.69) is 21.5 Å². The molecule has 1 aliphatic rings. The molecule has 0 N–H and O–H groups in total. The van der Waals surface area contributed by atoms with Crippen LogP contribution in [0.1, 0.15) is 23.7 Å². The molecule has 28 heavy (non-hydrogen) atoms. The molecule has 8 heteroatoms. The predicted octanol–water partition coefficient (Wildman–Crippen LogP) is 4.23. The van der Waals surface area contributed by atoms with Gasteiger partial charge in [-0.1, -0.05) is 18.3 Å². The Bertz CT molecular complexity index is 1270. The maximum Gasteiger partial charge on any atom is 0.279 e.